The zero-order valence-corrected chi connectivity index (χ0v) is 16.9. The molecule has 0 aliphatic carbocycles. The minimum Gasteiger partial charge on any atom is -0.408 e. The van der Waals surface area contributed by atoms with Crippen LogP contribution in [0.3, 0.4) is 0 Å². The van der Waals surface area contributed by atoms with Gasteiger partial charge < -0.3 is 30.8 Å². The summed E-state index contributed by atoms with van der Waals surface area (Å²) in [6.45, 7) is 4.18. The third-order valence-electron chi connectivity index (χ3n) is 5.51. The van der Waals surface area contributed by atoms with Crippen LogP contribution in [0.25, 0.3) is 11.1 Å². The Bertz CT molecular complexity index is 1220. The monoisotopic (exact) mass is 421 g/mol. The zero-order chi connectivity index (χ0) is 21.4. The van der Waals surface area contributed by atoms with Crippen LogP contribution in [0.2, 0.25) is 0 Å². The quantitative estimate of drug-likeness (QED) is 0.425. The highest BCUT2D eigenvalue weighted by atomic mass is 16.5. The van der Waals surface area contributed by atoms with Crippen molar-refractivity contribution < 1.29 is 9.15 Å². The first-order chi connectivity index (χ1) is 15.0. The van der Waals surface area contributed by atoms with Gasteiger partial charge in [0.2, 0.25) is 5.96 Å². The van der Waals surface area contributed by atoms with E-state index >= 15 is 0 Å². The van der Waals surface area contributed by atoms with Crippen molar-refractivity contribution in [1.82, 2.24) is 20.6 Å². The van der Waals surface area contributed by atoms with Crippen molar-refractivity contribution in [3.05, 3.63) is 70.1 Å². The highest BCUT2D eigenvalue weighted by Gasteiger charge is 2.33. The number of ether oxygens (including phenoxy) is 1. The lowest BCUT2D eigenvalue weighted by atomic mass is 9.92. The molecule has 10 heteroatoms. The van der Waals surface area contributed by atoms with Gasteiger partial charge in [0, 0.05) is 19.3 Å². The van der Waals surface area contributed by atoms with Crippen molar-refractivity contribution in [1.29, 1.82) is 0 Å². The van der Waals surface area contributed by atoms with E-state index in [4.69, 9.17) is 14.9 Å². The fourth-order valence-electron chi connectivity index (χ4n) is 3.70. The van der Waals surface area contributed by atoms with E-state index in [2.05, 4.69) is 30.9 Å². The summed E-state index contributed by atoms with van der Waals surface area (Å²) in [6, 6.07) is 9.19. The summed E-state index contributed by atoms with van der Waals surface area (Å²) in [5.41, 5.74) is 9.99. The number of rotatable bonds is 3. The van der Waals surface area contributed by atoms with Crippen molar-refractivity contribution in [2.75, 3.05) is 25.0 Å². The van der Waals surface area contributed by atoms with E-state index in [1.165, 1.54) is 0 Å². The molecular formula is C21H23N7O3. The molecule has 31 heavy (non-hydrogen) atoms. The molecule has 0 saturated carbocycles. The maximum absolute atomic E-state index is 11.5. The molecule has 160 valence electrons. The Hall–Kier alpha value is -3.47. The fraction of sp³-hybridized carbons (Fsp3) is 0.286. The Morgan fingerprint density at radius 3 is 2.97 bits per heavy atom. The normalized spacial score (nSPS) is 23.7. The van der Waals surface area contributed by atoms with Gasteiger partial charge in [-0.25, -0.2) is 9.79 Å². The number of anilines is 1. The summed E-state index contributed by atoms with van der Waals surface area (Å²) >= 11 is 0. The second kappa shape index (κ2) is 7.65. The number of hydrogen-bond acceptors (Lipinski definition) is 9. The number of hydrogen-bond donors (Lipinski definition) is 5. The van der Waals surface area contributed by atoms with Gasteiger partial charge in [-0.05, 0) is 42.3 Å². The fourth-order valence-corrected chi connectivity index (χ4v) is 3.70. The van der Waals surface area contributed by atoms with Crippen LogP contribution in [-0.2, 0) is 10.4 Å². The molecule has 2 aromatic heterocycles. The number of nitrogens with one attached hydrogen (secondary N) is 4. The first kappa shape index (κ1) is 19.5. The van der Waals surface area contributed by atoms with Crippen LogP contribution in [0.5, 0.6) is 0 Å². The number of aliphatic imine (C=N–C) groups is 1. The van der Waals surface area contributed by atoms with Crippen LogP contribution in [0.15, 0.2) is 62.5 Å². The molecule has 2 aliphatic heterocycles. The number of pyridine rings is 1. The number of aromatic nitrogens is 2. The molecule has 10 nitrogen and oxygen atoms in total. The molecule has 0 radical (unpaired) electrons. The summed E-state index contributed by atoms with van der Waals surface area (Å²) in [4.78, 5) is 23.1. The SMILES string of the molecule is CC1=CN=C(Nc2ccc(C3CNCCO3)nc2)NC1(N)c1ccc2oc(=O)[nH]c2c1. The maximum Gasteiger partial charge on any atom is 0.417 e. The number of fused-ring (bicyclic) bond motifs is 1. The van der Waals surface area contributed by atoms with E-state index in [0.29, 0.717) is 23.7 Å². The van der Waals surface area contributed by atoms with Crippen LogP contribution in [-0.4, -0.2) is 35.6 Å². The van der Waals surface area contributed by atoms with Crippen molar-refractivity contribution in [3.8, 4) is 0 Å². The predicted molar refractivity (Wildman–Crippen MR) is 116 cm³/mol. The Morgan fingerprint density at radius 2 is 2.19 bits per heavy atom. The summed E-state index contributed by atoms with van der Waals surface area (Å²) in [6.07, 6.45) is 3.41. The molecule has 2 unspecified atom stereocenters. The van der Waals surface area contributed by atoms with Gasteiger partial charge in [-0.1, -0.05) is 6.07 Å². The Balaban J connectivity index is 1.35. The number of H-pyrrole nitrogens is 1. The molecule has 6 N–H and O–H groups in total. The largest absolute Gasteiger partial charge is 0.417 e. The van der Waals surface area contributed by atoms with Crippen molar-refractivity contribution in [2.24, 2.45) is 10.7 Å². The molecule has 1 aromatic carbocycles. The van der Waals surface area contributed by atoms with Gasteiger partial charge in [-0.3, -0.25) is 9.97 Å². The Labute approximate surface area is 177 Å². The predicted octanol–water partition coefficient (Wildman–Crippen LogP) is 1.26. The lowest BCUT2D eigenvalue weighted by molar-refractivity contribution is 0.0250. The number of oxazole rings is 1. The zero-order valence-electron chi connectivity index (χ0n) is 16.9. The van der Waals surface area contributed by atoms with Crippen LogP contribution in [0, 0.1) is 0 Å². The van der Waals surface area contributed by atoms with Gasteiger partial charge in [0.15, 0.2) is 5.58 Å². The van der Waals surface area contributed by atoms with Gasteiger partial charge in [0.05, 0.1) is 29.7 Å². The molecule has 1 fully saturated rings. The number of nitrogens with zero attached hydrogens (tertiary/aromatic N) is 2. The summed E-state index contributed by atoms with van der Waals surface area (Å²) in [7, 11) is 0. The first-order valence-electron chi connectivity index (χ1n) is 10.0. The lowest BCUT2D eigenvalue weighted by Gasteiger charge is -2.35. The molecule has 0 spiro atoms. The second-order valence-corrected chi connectivity index (χ2v) is 7.61. The van der Waals surface area contributed by atoms with E-state index in [1.807, 2.05) is 25.1 Å². The number of morpholine rings is 1. The summed E-state index contributed by atoms with van der Waals surface area (Å²) in [5.74, 6) is -0.0182. The molecule has 2 aliphatic rings. The highest BCUT2D eigenvalue weighted by Crippen LogP contribution is 2.28. The van der Waals surface area contributed by atoms with Crippen molar-refractivity contribution >= 4 is 22.7 Å². The molecule has 0 amide bonds. The molecule has 5 rings (SSSR count). The maximum atomic E-state index is 11.5. The Morgan fingerprint density at radius 1 is 1.29 bits per heavy atom. The van der Waals surface area contributed by atoms with Gasteiger partial charge in [-0.15, -0.1) is 0 Å². The minimum atomic E-state index is -1.01. The van der Waals surface area contributed by atoms with Crippen LogP contribution in [0.1, 0.15) is 24.3 Å². The molecule has 2 atom stereocenters. The van der Waals surface area contributed by atoms with Gasteiger partial charge in [0.25, 0.3) is 0 Å². The standard InChI is InChI=1S/C21H23N7O3/c1-12-9-25-19(26-14-3-4-15(24-10-14)18-11-23-6-7-30-18)28-21(12,22)13-2-5-17-16(8-13)27-20(29)31-17/h2-5,8-10,18,23H,6-7,11,22H2,1H3,(H,27,29)(H2,25,26,28). The average molecular weight is 421 g/mol. The summed E-state index contributed by atoms with van der Waals surface area (Å²) < 4.78 is 10.8. The van der Waals surface area contributed by atoms with E-state index in [9.17, 15) is 4.79 Å². The second-order valence-electron chi connectivity index (χ2n) is 7.61. The average Bonchev–Trinajstić information content (AvgIpc) is 3.17. The number of benzene rings is 1. The van der Waals surface area contributed by atoms with Gasteiger partial charge >= 0.3 is 5.76 Å². The van der Waals surface area contributed by atoms with E-state index < -0.39 is 11.4 Å². The third-order valence-corrected chi connectivity index (χ3v) is 5.51. The first-order valence-corrected chi connectivity index (χ1v) is 10.0. The molecule has 0 bridgehead atoms. The third kappa shape index (κ3) is 3.72. The van der Waals surface area contributed by atoms with E-state index in [-0.39, 0.29) is 6.10 Å². The van der Waals surface area contributed by atoms with E-state index in [0.717, 1.165) is 35.6 Å². The van der Waals surface area contributed by atoms with Crippen LogP contribution >= 0.6 is 0 Å². The molecule has 1 saturated heterocycles. The highest BCUT2D eigenvalue weighted by molar-refractivity contribution is 5.95. The number of aromatic amines is 1. The molecule has 4 heterocycles. The van der Waals surface area contributed by atoms with E-state index in [1.54, 1.807) is 24.5 Å². The lowest BCUT2D eigenvalue weighted by Crippen LogP contribution is -2.57. The van der Waals surface area contributed by atoms with Crippen molar-refractivity contribution in [2.45, 2.75) is 18.7 Å². The molecule has 3 aromatic rings. The smallest absolute Gasteiger partial charge is 0.408 e. The van der Waals surface area contributed by atoms with Gasteiger partial charge in [0.1, 0.15) is 11.8 Å². The summed E-state index contributed by atoms with van der Waals surface area (Å²) in [5, 5.41) is 9.77. The number of nitrogens with two attached hydrogens (primary N) is 1. The molecular weight excluding hydrogens is 398 g/mol. The van der Waals surface area contributed by atoms with Gasteiger partial charge in [-0.2, -0.15) is 0 Å². The Kier molecular flexibility index (Phi) is 4.81. The van der Waals surface area contributed by atoms with Crippen LogP contribution < -0.4 is 27.4 Å². The number of guanidine groups is 1. The minimum absolute atomic E-state index is 0.0421. The van der Waals surface area contributed by atoms with Crippen molar-refractivity contribution in [3.63, 3.8) is 0 Å². The topological polar surface area (TPSA) is 143 Å². The van der Waals surface area contributed by atoms with Crippen LogP contribution in [0.4, 0.5) is 5.69 Å².